The molecule has 1 saturated heterocycles. The van der Waals surface area contributed by atoms with Gasteiger partial charge in [0.15, 0.2) is 0 Å². The number of carbonyl (C=O) groups is 1. The summed E-state index contributed by atoms with van der Waals surface area (Å²) >= 11 is 5.68. The average molecular weight is 315 g/mol. The number of hydrogen-bond donors (Lipinski definition) is 1. The largest absolute Gasteiger partial charge is 0.444 e. The molecule has 1 atom stereocenters. The summed E-state index contributed by atoms with van der Waals surface area (Å²) in [5, 5.41) is 2.95. The summed E-state index contributed by atoms with van der Waals surface area (Å²) in [6, 6.07) is 4.74. The molecule has 1 aliphatic rings. The molecule has 0 bridgehead atoms. The molecule has 1 amide bonds. The van der Waals surface area contributed by atoms with Crippen molar-refractivity contribution in [1.29, 1.82) is 0 Å². The summed E-state index contributed by atoms with van der Waals surface area (Å²) in [5.74, 6) is -0.433. The lowest BCUT2D eigenvalue weighted by molar-refractivity contribution is 0.0509. The standard InChI is InChI=1S/C15H20ClFN2O2/c1-15(2,3)21-14(20)18-10-6-7-19(9-10)11-4-5-12(16)13(17)8-11/h4-5,8,10H,6-7,9H2,1-3H3,(H,18,20)/t10-/m0/s1. The SMILES string of the molecule is CC(C)(C)OC(=O)N[C@H]1CCN(c2ccc(Cl)c(F)c2)C1. The van der Waals surface area contributed by atoms with E-state index in [1.807, 2.05) is 25.7 Å². The van der Waals surface area contributed by atoms with Crippen molar-refractivity contribution in [2.45, 2.75) is 38.8 Å². The summed E-state index contributed by atoms with van der Waals surface area (Å²) in [5.41, 5.74) is 0.257. The van der Waals surface area contributed by atoms with Gasteiger partial charge in [0.05, 0.1) is 11.1 Å². The molecular formula is C15H20ClFN2O2. The highest BCUT2D eigenvalue weighted by Gasteiger charge is 2.26. The topological polar surface area (TPSA) is 41.6 Å². The van der Waals surface area contributed by atoms with Crippen molar-refractivity contribution in [3.8, 4) is 0 Å². The van der Waals surface area contributed by atoms with Gasteiger partial charge < -0.3 is 15.0 Å². The number of nitrogens with one attached hydrogen (secondary N) is 1. The molecule has 0 spiro atoms. The van der Waals surface area contributed by atoms with E-state index in [-0.39, 0.29) is 11.1 Å². The summed E-state index contributed by atoms with van der Waals surface area (Å²) in [6.45, 7) is 6.85. The van der Waals surface area contributed by atoms with Crippen molar-refractivity contribution in [1.82, 2.24) is 5.32 Å². The molecule has 116 valence electrons. The van der Waals surface area contributed by atoms with Crippen LogP contribution in [0.25, 0.3) is 0 Å². The van der Waals surface area contributed by atoms with Gasteiger partial charge in [-0.3, -0.25) is 0 Å². The van der Waals surface area contributed by atoms with Crippen LogP contribution in [-0.4, -0.2) is 30.8 Å². The van der Waals surface area contributed by atoms with Crippen LogP contribution in [-0.2, 0) is 4.74 Å². The second kappa shape index (κ2) is 6.10. The highest BCUT2D eigenvalue weighted by molar-refractivity contribution is 6.30. The van der Waals surface area contributed by atoms with Crippen LogP contribution in [0.3, 0.4) is 0 Å². The Labute approximate surface area is 129 Å². The van der Waals surface area contributed by atoms with Crippen LogP contribution < -0.4 is 10.2 Å². The second-order valence-corrected chi connectivity index (χ2v) is 6.58. The number of anilines is 1. The van der Waals surface area contributed by atoms with Crippen molar-refractivity contribution in [3.63, 3.8) is 0 Å². The zero-order valence-electron chi connectivity index (χ0n) is 12.5. The summed E-state index contributed by atoms with van der Waals surface area (Å²) in [7, 11) is 0. The minimum absolute atomic E-state index is 0.00131. The third-order valence-electron chi connectivity index (χ3n) is 3.18. The maximum atomic E-state index is 13.5. The van der Waals surface area contributed by atoms with Crippen LogP contribution in [0.4, 0.5) is 14.9 Å². The third kappa shape index (κ3) is 4.49. The number of alkyl carbamates (subject to hydrolysis) is 1. The number of amides is 1. The van der Waals surface area contributed by atoms with E-state index in [1.54, 1.807) is 12.1 Å². The number of carbonyl (C=O) groups excluding carboxylic acids is 1. The van der Waals surface area contributed by atoms with E-state index in [4.69, 9.17) is 16.3 Å². The molecule has 1 aromatic carbocycles. The summed E-state index contributed by atoms with van der Waals surface area (Å²) in [6.07, 6.45) is 0.375. The van der Waals surface area contributed by atoms with Crippen LogP contribution >= 0.6 is 11.6 Å². The van der Waals surface area contributed by atoms with E-state index in [1.165, 1.54) is 6.07 Å². The molecule has 6 heteroatoms. The van der Waals surface area contributed by atoms with Crippen LogP contribution in [0.1, 0.15) is 27.2 Å². The Balaban J connectivity index is 1.91. The first-order valence-electron chi connectivity index (χ1n) is 6.94. The maximum absolute atomic E-state index is 13.5. The molecule has 1 aromatic rings. The first kappa shape index (κ1) is 15.9. The van der Waals surface area contributed by atoms with Crippen molar-refractivity contribution in [3.05, 3.63) is 29.0 Å². The lowest BCUT2D eigenvalue weighted by Crippen LogP contribution is -2.40. The summed E-state index contributed by atoms with van der Waals surface area (Å²) in [4.78, 5) is 13.7. The Morgan fingerprint density at radius 3 is 2.81 bits per heavy atom. The van der Waals surface area contributed by atoms with E-state index in [2.05, 4.69) is 5.32 Å². The monoisotopic (exact) mass is 314 g/mol. The van der Waals surface area contributed by atoms with Crippen molar-refractivity contribution >= 4 is 23.4 Å². The van der Waals surface area contributed by atoms with Crippen LogP contribution in [0.5, 0.6) is 0 Å². The van der Waals surface area contributed by atoms with Crippen molar-refractivity contribution in [2.75, 3.05) is 18.0 Å². The van der Waals surface area contributed by atoms with E-state index in [0.29, 0.717) is 6.54 Å². The van der Waals surface area contributed by atoms with Gasteiger partial charge in [-0.2, -0.15) is 0 Å². The molecule has 1 heterocycles. The van der Waals surface area contributed by atoms with Gasteiger partial charge in [-0.1, -0.05) is 11.6 Å². The fourth-order valence-electron chi connectivity index (χ4n) is 2.27. The molecule has 0 aromatic heterocycles. The number of rotatable bonds is 2. The second-order valence-electron chi connectivity index (χ2n) is 6.18. The predicted molar refractivity (Wildman–Crippen MR) is 81.4 cm³/mol. The Bertz CT molecular complexity index is 531. The average Bonchev–Trinajstić information content (AvgIpc) is 2.78. The number of hydrogen-bond acceptors (Lipinski definition) is 3. The lowest BCUT2D eigenvalue weighted by atomic mass is 10.2. The first-order chi connectivity index (χ1) is 9.74. The number of halogens is 2. The van der Waals surface area contributed by atoms with Gasteiger partial charge in [0.25, 0.3) is 0 Å². The maximum Gasteiger partial charge on any atom is 0.407 e. The van der Waals surface area contributed by atoms with Gasteiger partial charge in [-0.25, -0.2) is 9.18 Å². The van der Waals surface area contributed by atoms with Gasteiger partial charge in [-0.05, 0) is 45.4 Å². The minimum atomic E-state index is -0.512. The molecule has 0 saturated carbocycles. The van der Waals surface area contributed by atoms with Gasteiger partial charge in [0, 0.05) is 18.8 Å². The Kier molecular flexibility index (Phi) is 4.61. The Morgan fingerprint density at radius 2 is 2.19 bits per heavy atom. The normalized spacial score (nSPS) is 18.7. The number of benzene rings is 1. The van der Waals surface area contributed by atoms with E-state index >= 15 is 0 Å². The van der Waals surface area contributed by atoms with Crippen LogP contribution in [0, 0.1) is 5.82 Å². The molecule has 2 rings (SSSR count). The van der Waals surface area contributed by atoms with E-state index in [9.17, 15) is 9.18 Å². The number of ether oxygens (including phenoxy) is 1. The fraction of sp³-hybridized carbons (Fsp3) is 0.533. The minimum Gasteiger partial charge on any atom is -0.444 e. The molecule has 0 aliphatic carbocycles. The Hall–Kier alpha value is -1.49. The molecular weight excluding hydrogens is 295 g/mol. The highest BCUT2D eigenvalue weighted by Crippen LogP contribution is 2.25. The Morgan fingerprint density at radius 1 is 1.48 bits per heavy atom. The van der Waals surface area contributed by atoms with Gasteiger partial charge in [0.1, 0.15) is 11.4 Å². The molecule has 4 nitrogen and oxygen atoms in total. The molecule has 0 unspecified atom stereocenters. The van der Waals surface area contributed by atoms with Crippen molar-refractivity contribution < 1.29 is 13.9 Å². The molecule has 1 fully saturated rings. The molecule has 21 heavy (non-hydrogen) atoms. The van der Waals surface area contributed by atoms with Gasteiger partial charge >= 0.3 is 6.09 Å². The zero-order valence-corrected chi connectivity index (χ0v) is 13.2. The lowest BCUT2D eigenvalue weighted by Gasteiger charge is -2.22. The molecule has 0 radical (unpaired) electrons. The quantitative estimate of drug-likeness (QED) is 0.907. The zero-order chi connectivity index (χ0) is 15.6. The van der Waals surface area contributed by atoms with E-state index in [0.717, 1.165) is 18.7 Å². The highest BCUT2D eigenvalue weighted by atomic mass is 35.5. The fourth-order valence-corrected chi connectivity index (χ4v) is 2.39. The smallest absolute Gasteiger partial charge is 0.407 e. The molecule has 1 aliphatic heterocycles. The predicted octanol–water partition coefficient (Wildman–Crippen LogP) is 3.58. The van der Waals surface area contributed by atoms with E-state index < -0.39 is 17.5 Å². The molecule has 1 N–H and O–H groups in total. The van der Waals surface area contributed by atoms with Gasteiger partial charge in [-0.15, -0.1) is 0 Å². The van der Waals surface area contributed by atoms with Crippen LogP contribution in [0.15, 0.2) is 18.2 Å². The third-order valence-corrected chi connectivity index (χ3v) is 3.48. The summed E-state index contributed by atoms with van der Waals surface area (Å²) < 4.78 is 18.7. The first-order valence-corrected chi connectivity index (χ1v) is 7.32. The van der Waals surface area contributed by atoms with Gasteiger partial charge in [0.2, 0.25) is 0 Å². The number of nitrogens with zero attached hydrogens (tertiary/aromatic N) is 1. The van der Waals surface area contributed by atoms with Crippen LogP contribution in [0.2, 0.25) is 5.02 Å². The van der Waals surface area contributed by atoms with Crippen molar-refractivity contribution in [2.24, 2.45) is 0 Å².